The molecule has 4 rings (SSSR count). The van der Waals surface area contributed by atoms with Crippen LogP contribution < -0.4 is 26.8 Å². The van der Waals surface area contributed by atoms with Gasteiger partial charge in [-0.2, -0.15) is 25.3 Å². The molecule has 47 heavy (non-hydrogen) atoms. The molecular formula is C32H32O12S3. The quantitative estimate of drug-likeness (QED) is 0.159. The van der Waals surface area contributed by atoms with E-state index in [1.165, 1.54) is 50.6 Å². The minimum absolute atomic E-state index is 0.0139. The molecule has 0 amide bonds. The molecule has 0 aromatic heterocycles. The van der Waals surface area contributed by atoms with Crippen molar-refractivity contribution >= 4 is 36.4 Å². The molecule has 0 aliphatic carbocycles. The third-order valence-electron chi connectivity index (χ3n) is 6.19. The van der Waals surface area contributed by atoms with Crippen molar-refractivity contribution in [3.63, 3.8) is 0 Å². The van der Waals surface area contributed by atoms with E-state index < -0.39 is 30.4 Å². The van der Waals surface area contributed by atoms with Crippen molar-refractivity contribution in [1.29, 1.82) is 0 Å². The molecule has 0 saturated heterocycles. The Morgan fingerprint density at radius 3 is 1.79 bits per heavy atom. The number of hydrogen-bond donors (Lipinski definition) is 0. The molecule has 12 nitrogen and oxygen atoms in total. The second kappa shape index (κ2) is 14.4. The highest BCUT2D eigenvalue weighted by molar-refractivity contribution is 7.86. The topological polar surface area (TPSA) is 158 Å². The summed E-state index contributed by atoms with van der Waals surface area (Å²) < 4.78 is 105. The minimum atomic E-state index is -4.16. The molecule has 0 aliphatic rings. The molecule has 0 heterocycles. The molecule has 0 unspecified atom stereocenters. The van der Waals surface area contributed by atoms with E-state index in [4.69, 9.17) is 26.8 Å². The highest BCUT2D eigenvalue weighted by Gasteiger charge is 2.27. The second-order valence-corrected chi connectivity index (χ2v) is 14.8. The molecule has 0 aliphatic heterocycles. The molecule has 0 fully saturated rings. The van der Waals surface area contributed by atoms with E-state index in [-0.39, 0.29) is 52.2 Å². The third-order valence-corrected chi connectivity index (χ3v) is 7.64. The maximum absolute atomic E-state index is 12.5. The predicted octanol–water partition coefficient (Wildman–Crippen LogP) is 5.15. The summed E-state index contributed by atoms with van der Waals surface area (Å²) in [5.74, 6) is -0.162. The Bertz CT molecular complexity index is 2090. The smallest absolute Gasteiger partial charge is 0.306 e. The fourth-order valence-electron chi connectivity index (χ4n) is 4.46. The SMILES string of the molecule is COc1cc(-c2ccc(OS(C)(=O)=O)cc2)c(OC)c(OS(C)(=O)=O)c1-c1ccc(OCC=Cc2ccccc2)c(OS(C)(=O)=O)c1. The van der Waals surface area contributed by atoms with Gasteiger partial charge in [0.05, 0.1) is 38.6 Å². The van der Waals surface area contributed by atoms with Crippen LogP contribution in [0.5, 0.6) is 34.5 Å². The standard InChI is InChI=1S/C32H32O12S3/c1-39-29-21-26(23-13-16-25(17-14-23)42-45(3,33)34)31(40-2)32(44-47(5,37)38)30(29)24-15-18-27(28(20-24)43-46(4,35)36)41-19-9-12-22-10-7-6-8-11-22/h6-18,20-21H,19H2,1-5H3. The number of ether oxygens (including phenoxy) is 3. The molecule has 0 bridgehead atoms. The van der Waals surface area contributed by atoms with Crippen LogP contribution in [0.3, 0.4) is 0 Å². The zero-order valence-corrected chi connectivity index (χ0v) is 28.4. The molecular weight excluding hydrogens is 673 g/mol. The van der Waals surface area contributed by atoms with Crippen LogP contribution in [0.15, 0.2) is 84.9 Å². The zero-order chi connectivity index (χ0) is 34.4. The van der Waals surface area contributed by atoms with Gasteiger partial charge in [0.1, 0.15) is 18.1 Å². The van der Waals surface area contributed by atoms with Crippen LogP contribution in [0.1, 0.15) is 5.56 Å². The first kappa shape index (κ1) is 35.1. The summed E-state index contributed by atoms with van der Waals surface area (Å²) in [6.45, 7) is 0.0800. The first-order chi connectivity index (χ1) is 22.1. The van der Waals surface area contributed by atoms with Crippen molar-refractivity contribution in [2.45, 2.75) is 0 Å². The Kier molecular flexibility index (Phi) is 10.7. The van der Waals surface area contributed by atoms with Gasteiger partial charge in [0.2, 0.25) is 0 Å². The average Bonchev–Trinajstić information content (AvgIpc) is 2.98. The lowest BCUT2D eigenvalue weighted by molar-refractivity contribution is 0.348. The van der Waals surface area contributed by atoms with E-state index in [2.05, 4.69) is 0 Å². The van der Waals surface area contributed by atoms with E-state index >= 15 is 0 Å². The molecule has 4 aromatic rings. The maximum Gasteiger partial charge on any atom is 0.306 e. The number of hydrogen-bond acceptors (Lipinski definition) is 12. The maximum atomic E-state index is 12.5. The zero-order valence-electron chi connectivity index (χ0n) is 26.0. The van der Waals surface area contributed by atoms with Gasteiger partial charge in [-0.1, -0.05) is 54.6 Å². The van der Waals surface area contributed by atoms with E-state index in [0.717, 1.165) is 24.3 Å². The molecule has 0 saturated carbocycles. The molecule has 0 radical (unpaired) electrons. The molecule has 250 valence electrons. The van der Waals surface area contributed by atoms with Gasteiger partial charge in [-0.25, -0.2) is 0 Å². The van der Waals surface area contributed by atoms with Gasteiger partial charge in [-0.15, -0.1) is 0 Å². The Labute approximate surface area is 274 Å². The Morgan fingerprint density at radius 2 is 1.21 bits per heavy atom. The lowest BCUT2D eigenvalue weighted by Crippen LogP contribution is -2.10. The van der Waals surface area contributed by atoms with Gasteiger partial charge in [0.15, 0.2) is 23.0 Å². The van der Waals surface area contributed by atoms with Gasteiger partial charge in [0.25, 0.3) is 0 Å². The van der Waals surface area contributed by atoms with Crippen LogP contribution in [0, 0.1) is 0 Å². The van der Waals surface area contributed by atoms with Crippen LogP contribution in [0.2, 0.25) is 0 Å². The van der Waals surface area contributed by atoms with E-state index in [1.807, 2.05) is 36.4 Å². The van der Waals surface area contributed by atoms with Gasteiger partial charge in [-0.05, 0) is 53.1 Å². The van der Waals surface area contributed by atoms with Gasteiger partial charge < -0.3 is 26.8 Å². The van der Waals surface area contributed by atoms with Crippen LogP contribution >= 0.6 is 0 Å². The lowest BCUT2D eigenvalue weighted by atomic mass is 9.96. The monoisotopic (exact) mass is 704 g/mol. The van der Waals surface area contributed by atoms with Crippen LogP contribution in [-0.4, -0.2) is 64.8 Å². The summed E-state index contributed by atoms with van der Waals surface area (Å²) in [5.41, 5.74) is 2.09. The van der Waals surface area contributed by atoms with Crippen molar-refractivity contribution in [3.05, 3.63) is 90.5 Å². The summed E-state index contributed by atoms with van der Waals surface area (Å²) in [5, 5.41) is 0. The highest BCUT2D eigenvalue weighted by atomic mass is 32.2. The fourth-order valence-corrected chi connectivity index (χ4v) is 5.84. The van der Waals surface area contributed by atoms with Crippen molar-refractivity contribution in [2.24, 2.45) is 0 Å². The third kappa shape index (κ3) is 9.88. The van der Waals surface area contributed by atoms with Crippen LogP contribution in [-0.2, 0) is 30.4 Å². The molecule has 0 N–H and O–H groups in total. The number of rotatable bonds is 14. The Balaban J connectivity index is 1.85. The van der Waals surface area contributed by atoms with Crippen LogP contribution in [0.4, 0.5) is 0 Å². The van der Waals surface area contributed by atoms with Gasteiger partial charge >= 0.3 is 30.4 Å². The molecule has 0 atom stereocenters. The minimum Gasteiger partial charge on any atom is -0.496 e. The summed E-state index contributed by atoms with van der Waals surface area (Å²) >= 11 is 0. The summed E-state index contributed by atoms with van der Waals surface area (Å²) in [6, 6.07) is 21.3. The summed E-state index contributed by atoms with van der Waals surface area (Å²) in [4.78, 5) is 0. The van der Waals surface area contributed by atoms with Crippen molar-refractivity contribution in [3.8, 4) is 56.8 Å². The Morgan fingerprint density at radius 1 is 0.596 bits per heavy atom. The number of methoxy groups -OCH3 is 2. The highest BCUT2D eigenvalue weighted by Crippen LogP contribution is 2.51. The molecule has 15 heteroatoms. The lowest BCUT2D eigenvalue weighted by Gasteiger charge is -2.21. The van der Waals surface area contributed by atoms with E-state index in [9.17, 15) is 25.3 Å². The van der Waals surface area contributed by atoms with Gasteiger partial charge in [0, 0.05) is 5.56 Å². The fraction of sp³-hybridized carbons (Fsp3) is 0.188. The second-order valence-electron chi connectivity index (χ2n) is 10.0. The first-order valence-corrected chi connectivity index (χ1v) is 19.1. The largest absolute Gasteiger partial charge is 0.496 e. The van der Waals surface area contributed by atoms with E-state index in [0.29, 0.717) is 11.1 Å². The Hall–Kier alpha value is -4.73. The average molecular weight is 705 g/mol. The number of benzene rings is 4. The summed E-state index contributed by atoms with van der Waals surface area (Å²) in [7, 11) is -9.29. The summed E-state index contributed by atoms with van der Waals surface area (Å²) in [6.07, 6.45) is 6.23. The normalized spacial score (nSPS) is 12.0. The van der Waals surface area contributed by atoms with Crippen molar-refractivity contribution < 1.29 is 52.0 Å². The van der Waals surface area contributed by atoms with Crippen molar-refractivity contribution in [1.82, 2.24) is 0 Å². The molecule has 0 spiro atoms. The van der Waals surface area contributed by atoms with Crippen LogP contribution in [0.25, 0.3) is 28.3 Å². The molecule has 4 aromatic carbocycles. The first-order valence-electron chi connectivity index (χ1n) is 13.6. The van der Waals surface area contributed by atoms with Gasteiger partial charge in [-0.3, -0.25) is 0 Å². The van der Waals surface area contributed by atoms with E-state index in [1.54, 1.807) is 18.2 Å². The van der Waals surface area contributed by atoms with Crippen molar-refractivity contribution in [2.75, 3.05) is 39.6 Å². The predicted molar refractivity (Wildman–Crippen MR) is 178 cm³/mol.